The minimum atomic E-state index is -0.395. The number of nitrogens with zero attached hydrogens (tertiary/aromatic N) is 1. The van der Waals surface area contributed by atoms with E-state index in [4.69, 9.17) is 5.73 Å². The van der Waals surface area contributed by atoms with Crippen molar-refractivity contribution in [2.24, 2.45) is 11.7 Å². The van der Waals surface area contributed by atoms with E-state index in [0.717, 1.165) is 38.0 Å². The predicted molar refractivity (Wildman–Crippen MR) is 83.5 cm³/mol. The minimum absolute atomic E-state index is 0.280. The van der Waals surface area contributed by atoms with Gasteiger partial charge in [-0.25, -0.2) is 4.98 Å². The number of fused-ring (bicyclic) bond motifs is 1. The summed E-state index contributed by atoms with van der Waals surface area (Å²) in [7, 11) is 0. The molecule has 0 aromatic carbocycles. The molecule has 1 aliphatic carbocycles. The van der Waals surface area contributed by atoms with Gasteiger partial charge in [0.2, 0.25) is 0 Å². The zero-order valence-electron chi connectivity index (χ0n) is 12.6. The molecule has 0 spiro atoms. The molecule has 0 saturated carbocycles. The molecule has 1 aromatic heterocycles. The number of rotatable bonds is 4. The molecule has 1 aliphatic heterocycles. The van der Waals surface area contributed by atoms with Gasteiger partial charge in [-0.2, -0.15) is 0 Å². The number of hydrogen-bond donors (Lipinski definition) is 3. The number of carbonyl (C=O) groups is 1. The Labute approximate surface area is 125 Å². The second kappa shape index (κ2) is 6.02. The molecule has 5 nitrogen and oxygen atoms in total. The van der Waals surface area contributed by atoms with Gasteiger partial charge < -0.3 is 16.4 Å². The number of hydrogen-bond acceptors (Lipinski definition) is 4. The van der Waals surface area contributed by atoms with Crippen LogP contribution in [0, 0.1) is 5.92 Å². The van der Waals surface area contributed by atoms with Crippen LogP contribution in [0.3, 0.4) is 0 Å². The fourth-order valence-electron chi connectivity index (χ4n) is 3.41. The lowest BCUT2D eigenvalue weighted by molar-refractivity contribution is 0.100. The lowest BCUT2D eigenvalue weighted by Crippen LogP contribution is -2.39. The highest BCUT2D eigenvalue weighted by Gasteiger charge is 2.23. The molecule has 2 atom stereocenters. The zero-order chi connectivity index (χ0) is 14.8. The Kier molecular flexibility index (Phi) is 4.10. The third kappa shape index (κ3) is 3.02. The Morgan fingerprint density at radius 1 is 1.48 bits per heavy atom. The van der Waals surface area contributed by atoms with Crippen LogP contribution in [0.4, 0.5) is 5.82 Å². The van der Waals surface area contributed by atoms with Crippen molar-refractivity contribution in [2.45, 2.75) is 45.1 Å². The summed E-state index contributed by atoms with van der Waals surface area (Å²) in [6.07, 6.45) is 5.54. The van der Waals surface area contributed by atoms with E-state index in [1.54, 1.807) is 0 Å². The molecule has 1 amide bonds. The van der Waals surface area contributed by atoms with Gasteiger partial charge in [-0.1, -0.05) is 0 Å². The van der Waals surface area contributed by atoms with Crippen LogP contribution in [0.1, 0.15) is 47.8 Å². The number of amides is 1. The second-order valence-electron chi connectivity index (χ2n) is 6.25. The lowest BCUT2D eigenvalue weighted by Gasteiger charge is -2.29. The number of piperidine rings is 1. The van der Waals surface area contributed by atoms with E-state index < -0.39 is 5.91 Å². The maximum atomic E-state index is 11.7. The van der Waals surface area contributed by atoms with Crippen LogP contribution in [-0.4, -0.2) is 30.0 Å². The van der Waals surface area contributed by atoms with Crippen molar-refractivity contribution in [1.29, 1.82) is 0 Å². The third-order valence-corrected chi connectivity index (χ3v) is 4.72. The van der Waals surface area contributed by atoms with Gasteiger partial charge in [0.15, 0.2) is 0 Å². The fraction of sp³-hybridized carbons (Fsp3) is 0.625. The molecule has 4 N–H and O–H groups in total. The van der Waals surface area contributed by atoms with Crippen molar-refractivity contribution < 1.29 is 4.79 Å². The highest BCUT2D eigenvalue weighted by molar-refractivity contribution is 5.97. The Hall–Kier alpha value is -1.62. The number of nitrogens with two attached hydrogens (primary N) is 1. The summed E-state index contributed by atoms with van der Waals surface area (Å²) in [4.78, 5) is 16.4. The standard InChI is InChI=1S/C16H24N4O/c1-10(12-5-3-7-18-9-12)19-16-13(15(17)21)8-11-4-2-6-14(11)20-16/h8,10,12,18H,2-7,9H2,1H3,(H2,17,21)(H,19,20). The van der Waals surface area contributed by atoms with Crippen LogP contribution in [-0.2, 0) is 12.8 Å². The SMILES string of the molecule is CC(Nc1nc2c(cc1C(N)=O)CCC2)C1CCCNC1. The molecule has 0 radical (unpaired) electrons. The quantitative estimate of drug-likeness (QED) is 0.784. The van der Waals surface area contributed by atoms with E-state index in [9.17, 15) is 4.79 Å². The van der Waals surface area contributed by atoms with Gasteiger partial charge in [-0.15, -0.1) is 0 Å². The molecule has 114 valence electrons. The van der Waals surface area contributed by atoms with E-state index >= 15 is 0 Å². The van der Waals surface area contributed by atoms with Crippen LogP contribution in [0.25, 0.3) is 0 Å². The van der Waals surface area contributed by atoms with Gasteiger partial charge in [-0.05, 0) is 69.7 Å². The maximum Gasteiger partial charge on any atom is 0.252 e. The normalized spacial score (nSPS) is 22.6. The largest absolute Gasteiger partial charge is 0.367 e. The van der Waals surface area contributed by atoms with Crippen LogP contribution >= 0.6 is 0 Å². The van der Waals surface area contributed by atoms with Gasteiger partial charge in [0.25, 0.3) is 5.91 Å². The highest BCUT2D eigenvalue weighted by atomic mass is 16.1. The first-order valence-corrected chi connectivity index (χ1v) is 7.95. The minimum Gasteiger partial charge on any atom is -0.367 e. The number of carbonyl (C=O) groups excluding carboxylic acids is 1. The van der Waals surface area contributed by atoms with Crippen molar-refractivity contribution in [3.8, 4) is 0 Å². The Morgan fingerprint density at radius 2 is 2.33 bits per heavy atom. The first-order valence-electron chi connectivity index (χ1n) is 7.95. The number of aryl methyl sites for hydroxylation is 2. The van der Waals surface area contributed by atoms with Gasteiger partial charge in [0.1, 0.15) is 5.82 Å². The Bertz CT molecular complexity index is 537. The van der Waals surface area contributed by atoms with Crippen molar-refractivity contribution in [2.75, 3.05) is 18.4 Å². The van der Waals surface area contributed by atoms with Gasteiger partial charge in [0.05, 0.1) is 5.56 Å². The lowest BCUT2D eigenvalue weighted by atomic mass is 9.92. The van der Waals surface area contributed by atoms with Crippen molar-refractivity contribution in [3.63, 3.8) is 0 Å². The number of aromatic nitrogens is 1. The van der Waals surface area contributed by atoms with E-state index in [2.05, 4.69) is 22.5 Å². The molecule has 2 heterocycles. The van der Waals surface area contributed by atoms with Crippen LogP contribution in [0.2, 0.25) is 0 Å². The number of nitrogens with one attached hydrogen (secondary N) is 2. The summed E-state index contributed by atoms with van der Waals surface area (Å²) in [5, 5.41) is 6.87. The molecular weight excluding hydrogens is 264 g/mol. The predicted octanol–water partition coefficient (Wildman–Crippen LogP) is 1.47. The molecular formula is C16H24N4O. The van der Waals surface area contributed by atoms with Gasteiger partial charge in [-0.3, -0.25) is 4.79 Å². The summed E-state index contributed by atoms with van der Waals surface area (Å²) in [6, 6.07) is 2.22. The topological polar surface area (TPSA) is 80.0 Å². The third-order valence-electron chi connectivity index (χ3n) is 4.72. The molecule has 2 unspecified atom stereocenters. The highest BCUT2D eigenvalue weighted by Crippen LogP contribution is 2.26. The summed E-state index contributed by atoms with van der Waals surface area (Å²) in [5.74, 6) is 0.837. The van der Waals surface area contributed by atoms with E-state index in [0.29, 0.717) is 17.3 Å². The van der Waals surface area contributed by atoms with Gasteiger partial charge in [0, 0.05) is 11.7 Å². The molecule has 1 fully saturated rings. The molecule has 2 aliphatic rings. The maximum absolute atomic E-state index is 11.7. The summed E-state index contributed by atoms with van der Waals surface area (Å²) in [5.41, 5.74) is 8.37. The Balaban J connectivity index is 1.81. The molecule has 21 heavy (non-hydrogen) atoms. The second-order valence-corrected chi connectivity index (χ2v) is 6.25. The van der Waals surface area contributed by atoms with Crippen LogP contribution in [0.5, 0.6) is 0 Å². The average molecular weight is 288 g/mol. The van der Waals surface area contributed by atoms with Crippen molar-refractivity contribution in [3.05, 3.63) is 22.9 Å². The van der Waals surface area contributed by atoms with Crippen LogP contribution < -0.4 is 16.4 Å². The molecule has 0 bridgehead atoms. The van der Waals surface area contributed by atoms with Gasteiger partial charge >= 0.3 is 0 Å². The van der Waals surface area contributed by atoms with Crippen LogP contribution in [0.15, 0.2) is 6.07 Å². The molecule has 1 saturated heterocycles. The summed E-state index contributed by atoms with van der Waals surface area (Å²) < 4.78 is 0. The first kappa shape index (κ1) is 14.3. The molecule has 1 aromatic rings. The van der Waals surface area contributed by atoms with Crippen molar-refractivity contribution >= 4 is 11.7 Å². The summed E-state index contributed by atoms with van der Waals surface area (Å²) >= 11 is 0. The number of pyridine rings is 1. The first-order chi connectivity index (χ1) is 10.1. The zero-order valence-corrected chi connectivity index (χ0v) is 12.6. The number of primary amides is 1. The molecule has 3 rings (SSSR count). The smallest absolute Gasteiger partial charge is 0.252 e. The number of anilines is 1. The Morgan fingerprint density at radius 3 is 3.05 bits per heavy atom. The fourth-order valence-corrected chi connectivity index (χ4v) is 3.41. The van der Waals surface area contributed by atoms with E-state index in [1.807, 2.05) is 6.07 Å². The van der Waals surface area contributed by atoms with Crippen molar-refractivity contribution in [1.82, 2.24) is 10.3 Å². The monoisotopic (exact) mass is 288 g/mol. The van der Waals surface area contributed by atoms with E-state index in [1.165, 1.54) is 18.4 Å². The molecule has 5 heteroatoms. The summed E-state index contributed by atoms with van der Waals surface area (Å²) in [6.45, 7) is 4.29. The van der Waals surface area contributed by atoms with E-state index in [-0.39, 0.29) is 6.04 Å². The average Bonchev–Trinajstić information content (AvgIpc) is 2.94.